The second kappa shape index (κ2) is 10.3. The summed E-state index contributed by atoms with van der Waals surface area (Å²) < 4.78 is 1.17. The fourth-order valence-corrected chi connectivity index (χ4v) is 3.08. The number of rotatable bonds is 10. The first-order valence-corrected chi connectivity index (χ1v) is 9.06. The number of allylic oxidation sites excluding steroid dienone is 1. The van der Waals surface area contributed by atoms with Gasteiger partial charge in [-0.05, 0) is 28.5 Å². The van der Waals surface area contributed by atoms with Crippen LogP contribution >= 0.6 is 27.4 Å². The highest BCUT2D eigenvalue weighted by molar-refractivity contribution is 9.12. The molecule has 0 aromatic heterocycles. The first-order chi connectivity index (χ1) is 8.84. The lowest BCUT2D eigenvalue weighted by Gasteiger charge is -2.31. The van der Waals surface area contributed by atoms with Gasteiger partial charge in [-0.25, -0.2) is 0 Å². The highest BCUT2D eigenvalue weighted by atomic mass is 79.9. The van der Waals surface area contributed by atoms with E-state index in [9.17, 15) is 0 Å². The monoisotopic (exact) mass is 348 g/mol. The van der Waals surface area contributed by atoms with E-state index in [-0.39, 0.29) is 11.4 Å². The predicted molar refractivity (Wildman–Crippen MR) is 95.5 cm³/mol. The van der Waals surface area contributed by atoms with Crippen LogP contribution in [0.1, 0.15) is 79.6 Å². The van der Waals surface area contributed by atoms with E-state index in [1.807, 2.05) is 0 Å². The fourth-order valence-electron chi connectivity index (χ4n) is 1.92. The number of hydrogen-bond donors (Lipinski definition) is 0. The molecule has 0 spiro atoms. The molecule has 19 heavy (non-hydrogen) atoms. The summed E-state index contributed by atoms with van der Waals surface area (Å²) in [6.07, 6.45) is 11.6. The molecule has 112 valence electrons. The maximum atomic E-state index is 6.58. The molecular formula is C16H31BBrCl. The molecule has 0 aliphatic rings. The van der Waals surface area contributed by atoms with Crippen molar-refractivity contribution in [3.8, 4) is 0 Å². The minimum Gasteiger partial charge on any atom is -0.188 e. The molecule has 0 unspecified atom stereocenters. The van der Waals surface area contributed by atoms with Crippen LogP contribution in [0, 0.1) is 5.92 Å². The van der Waals surface area contributed by atoms with Crippen LogP contribution in [0.2, 0.25) is 5.31 Å². The van der Waals surface area contributed by atoms with Gasteiger partial charge in [0.05, 0.1) is 0 Å². The van der Waals surface area contributed by atoms with Crippen molar-refractivity contribution >= 4 is 33.5 Å². The lowest BCUT2D eigenvalue weighted by Crippen LogP contribution is -2.28. The van der Waals surface area contributed by atoms with Gasteiger partial charge >= 0.3 is 0 Å². The Labute approximate surface area is 134 Å². The van der Waals surface area contributed by atoms with E-state index >= 15 is 0 Å². The molecule has 0 aliphatic heterocycles. The van der Waals surface area contributed by atoms with Crippen molar-refractivity contribution in [2.24, 2.45) is 5.92 Å². The fraction of sp³-hybridized carbons (Fsp3) is 0.875. The first-order valence-electron chi connectivity index (χ1n) is 7.83. The Morgan fingerprint density at radius 3 is 2.21 bits per heavy atom. The SMILES string of the molecule is CCCCCCCC/C=C(\Br)B(Cl)C(C)(C)C(C)C. The van der Waals surface area contributed by atoms with Crippen LogP contribution in [-0.4, -0.2) is 6.13 Å². The van der Waals surface area contributed by atoms with Gasteiger partial charge in [-0.15, -0.1) is 0 Å². The summed E-state index contributed by atoms with van der Waals surface area (Å²) in [4.78, 5) is 0. The minimum absolute atomic E-state index is 0.0765. The zero-order chi connectivity index (χ0) is 14.9. The van der Waals surface area contributed by atoms with Gasteiger partial charge in [0.15, 0.2) is 0 Å². The van der Waals surface area contributed by atoms with Gasteiger partial charge in [0, 0.05) is 0 Å². The van der Waals surface area contributed by atoms with E-state index in [0.29, 0.717) is 5.92 Å². The summed E-state index contributed by atoms with van der Waals surface area (Å²) in [7, 11) is 0. The Hall–Kier alpha value is 0.575. The Morgan fingerprint density at radius 1 is 1.16 bits per heavy atom. The smallest absolute Gasteiger partial charge is 0.188 e. The van der Waals surface area contributed by atoms with Crippen LogP contribution in [-0.2, 0) is 0 Å². The standard InChI is InChI=1S/C16H31BBrCl/c1-6-7-8-9-10-11-12-13-15(18)17(19)16(4,5)14(2)3/h13-14H,6-12H2,1-5H3/b15-13-. The zero-order valence-corrected chi connectivity index (χ0v) is 15.8. The second-order valence-electron chi connectivity index (χ2n) is 6.48. The molecule has 0 saturated heterocycles. The molecule has 0 saturated carbocycles. The molecule has 0 aliphatic carbocycles. The van der Waals surface area contributed by atoms with Gasteiger partial charge < -0.3 is 0 Å². The van der Waals surface area contributed by atoms with E-state index in [0.717, 1.165) is 6.42 Å². The summed E-state index contributed by atoms with van der Waals surface area (Å²) in [5.41, 5.74) is 0. The van der Waals surface area contributed by atoms with Crippen LogP contribution in [0.3, 0.4) is 0 Å². The average Bonchev–Trinajstić information content (AvgIpc) is 2.36. The molecule has 0 radical (unpaired) electrons. The first kappa shape index (κ1) is 19.6. The molecular weight excluding hydrogens is 318 g/mol. The highest BCUT2D eigenvalue weighted by Crippen LogP contribution is 2.43. The van der Waals surface area contributed by atoms with Gasteiger partial charge in [0.1, 0.15) is 0 Å². The third-order valence-corrected chi connectivity index (χ3v) is 6.12. The van der Waals surface area contributed by atoms with E-state index in [1.54, 1.807) is 0 Å². The molecule has 0 aromatic rings. The predicted octanol–water partition coefficient (Wildman–Crippen LogP) is 7.22. The Kier molecular flexibility index (Phi) is 10.6. The van der Waals surface area contributed by atoms with Gasteiger partial charge in [-0.3, -0.25) is 0 Å². The molecule has 0 fully saturated rings. The number of unbranched alkanes of at least 4 members (excludes halogenated alkanes) is 6. The number of halogens is 2. The maximum absolute atomic E-state index is 6.58. The molecule has 0 rings (SSSR count). The minimum atomic E-state index is 0.0765. The van der Waals surface area contributed by atoms with Gasteiger partial charge in [0.2, 0.25) is 0 Å². The molecule has 0 amide bonds. The van der Waals surface area contributed by atoms with E-state index in [1.165, 1.54) is 42.9 Å². The topological polar surface area (TPSA) is 0 Å². The van der Waals surface area contributed by atoms with Crippen molar-refractivity contribution < 1.29 is 0 Å². The van der Waals surface area contributed by atoms with Crippen LogP contribution in [0.4, 0.5) is 0 Å². The summed E-state index contributed by atoms with van der Waals surface area (Å²) in [5.74, 6) is 0.574. The molecule has 0 heterocycles. The largest absolute Gasteiger partial charge is 0.295 e. The van der Waals surface area contributed by atoms with Crippen LogP contribution < -0.4 is 0 Å². The lowest BCUT2D eigenvalue weighted by molar-refractivity contribution is 0.473. The Morgan fingerprint density at radius 2 is 1.68 bits per heavy atom. The third kappa shape index (κ3) is 7.80. The summed E-state index contributed by atoms with van der Waals surface area (Å²) in [5, 5.41) is 0.123. The van der Waals surface area contributed by atoms with Crippen molar-refractivity contribution in [2.45, 2.75) is 84.9 Å². The van der Waals surface area contributed by atoms with E-state index in [2.05, 4.69) is 56.6 Å². The summed E-state index contributed by atoms with van der Waals surface area (Å²) in [6.45, 7) is 11.2. The van der Waals surface area contributed by atoms with Gasteiger partial charge in [-0.2, -0.15) is 11.5 Å². The van der Waals surface area contributed by atoms with Crippen LogP contribution in [0.25, 0.3) is 0 Å². The van der Waals surface area contributed by atoms with E-state index < -0.39 is 0 Å². The van der Waals surface area contributed by atoms with E-state index in [4.69, 9.17) is 11.5 Å². The molecule has 0 bridgehead atoms. The third-order valence-electron chi connectivity index (χ3n) is 4.28. The van der Waals surface area contributed by atoms with Crippen molar-refractivity contribution in [1.29, 1.82) is 0 Å². The number of hydrogen-bond acceptors (Lipinski definition) is 0. The average molecular weight is 350 g/mol. The molecule has 3 heteroatoms. The van der Waals surface area contributed by atoms with Gasteiger partial charge in [0.25, 0.3) is 6.13 Å². The molecule has 0 atom stereocenters. The highest BCUT2D eigenvalue weighted by Gasteiger charge is 2.36. The zero-order valence-electron chi connectivity index (χ0n) is 13.4. The quantitative estimate of drug-likeness (QED) is 0.288. The van der Waals surface area contributed by atoms with Crippen LogP contribution in [0.5, 0.6) is 0 Å². The van der Waals surface area contributed by atoms with Crippen molar-refractivity contribution in [1.82, 2.24) is 0 Å². The van der Waals surface area contributed by atoms with Crippen LogP contribution in [0.15, 0.2) is 10.5 Å². The second-order valence-corrected chi connectivity index (χ2v) is 7.84. The molecule has 0 N–H and O–H groups in total. The normalized spacial score (nSPS) is 13.2. The maximum Gasteiger partial charge on any atom is 0.295 e. The molecule has 0 aromatic carbocycles. The van der Waals surface area contributed by atoms with Crippen molar-refractivity contribution in [2.75, 3.05) is 0 Å². The Balaban J connectivity index is 3.99. The van der Waals surface area contributed by atoms with Crippen molar-refractivity contribution in [3.63, 3.8) is 0 Å². The van der Waals surface area contributed by atoms with Gasteiger partial charge in [-0.1, -0.05) is 88.7 Å². The Bertz CT molecular complexity index is 261. The molecule has 0 nitrogen and oxygen atoms in total. The lowest BCUT2D eigenvalue weighted by atomic mass is 9.48. The van der Waals surface area contributed by atoms with Crippen molar-refractivity contribution in [3.05, 3.63) is 10.5 Å². The summed E-state index contributed by atoms with van der Waals surface area (Å²) >= 11 is 10.3. The summed E-state index contributed by atoms with van der Waals surface area (Å²) in [6, 6.07) is 0.